The number of hydrogen-bond donors (Lipinski definition) is 1. The fourth-order valence-electron chi connectivity index (χ4n) is 1.44. The minimum atomic E-state index is -0.235. The predicted molar refractivity (Wildman–Crippen MR) is 59.2 cm³/mol. The summed E-state index contributed by atoms with van der Waals surface area (Å²) in [5.41, 5.74) is 2.67. The van der Waals surface area contributed by atoms with Crippen LogP contribution in [0.25, 0.3) is 11.3 Å². The first-order chi connectivity index (χ1) is 7.31. The molecule has 1 aromatic heterocycles. The van der Waals surface area contributed by atoms with E-state index in [1.54, 1.807) is 18.3 Å². The van der Waals surface area contributed by atoms with E-state index < -0.39 is 0 Å². The molecule has 0 unspecified atom stereocenters. The molecule has 1 heterocycles. The largest absolute Gasteiger partial charge is 0.386 e. The first kappa shape index (κ1) is 9.65. The minimum absolute atomic E-state index is 0.235. The van der Waals surface area contributed by atoms with Crippen molar-refractivity contribution in [2.24, 2.45) is 0 Å². The van der Waals surface area contributed by atoms with Crippen LogP contribution in [0, 0.1) is 5.82 Å². The molecule has 3 heteroatoms. The van der Waals surface area contributed by atoms with Gasteiger partial charge < -0.3 is 5.32 Å². The number of rotatable bonds is 2. The lowest BCUT2D eigenvalue weighted by molar-refractivity contribution is 0.628. The van der Waals surface area contributed by atoms with E-state index >= 15 is 0 Å². The van der Waals surface area contributed by atoms with Gasteiger partial charge in [0.1, 0.15) is 5.82 Å². The van der Waals surface area contributed by atoms with E-state index in [1.807, 2.05) is 19.2 Å². The molecule has 2 aromatic rings. The molecular weight excluding hydrogens is 191 g/mol. The smallest absolute Gasteiger partial charge is 0.123 e. The molecular formula is C12H11FN2. The van der Waals surface area contributed by atoms with Crippen molar-refractivity contribution in [3.8, 4) is 11.3 Å². The normalized spacial score (nSPS) is 10.0. The Morgan fingerprint density at radius 1 is 1.13 bits per heavy atom. The second-order valence-corrected chi connectivity index (χ2v) is 3.16. The summed E-state index contributed by atoms with van der Waals surface area (Å²) in [5.74, 6) is -0.235. The van der Waals surface area contributed by atoms with Crippen molar-refractivity contribution in [2.75, 3.05) is 12.4 Å². The number of halogens is 1. The van der Waals surface area contributed by atoms with E-state index in [0.717, 1.165) is 16.9 Å². The average molecular weight is 202 g/mol. The fourth-order valence-corrected chi connectivity index (χ4v) is 1.44. The van der Waals surface area contributed by atoms with Crippen molar-refractivity contribution >= 4 is 5.69 Å². The van der Waals surface area contributed by atoms with Gasteiger partial charge in [-0.2, -0.15) is 0 Å². The maximum atomic E-state index is 12.7. The minimum Gasteiger partial charge on any atom is -0.386 e. The summed E-state index contributed by atoms with van der Waals surface area (Å²) in [6.07, 6.45) is 1.72. The Bertz CT molecular complexity index is 451. The zero-order chi connectivity index (χ0) is 10.7. The van der Waals surface area contributed by atoms with E-state index in [1.165, 1.54) is 12.1 Å². The summed E-state index contributed by atoms with van der Waals surface area (Å²) in [4.78, 5) is 4.26. The van der Waals surface area contributed by atoms with Gasteiger partial charge in [0, 0.05) is 18.8 Å². The topological polar surface area (TPSA) is 24.9 Å². The van der Waals surface area contributed by atoms with Gasteiger partial charge in [0.15, 0.2) is 0 Å². The molecule has 76 valence electrons. The highest BCUT2D eigenvalue weighted by atomic mass is 19.1. The lowest BCUT2D eigenvalue weighted by Gasteiger charge is -2.07. The Labute approximate surface area is 87.8 Å². The molecule has 0 saturated carbocycles. The van der Waals surface area contributed by atoms with Crippen LogP contribution >= 0.6 is 0 Å². The zero-order valence-corrected chi connectivity index (χ0v) is 8.37. The molecule has 2 nitrogen and oxygen atoms in total. The first-order valence-corrected chi connectivity index (χ1v) is 4.70. The number of nitrogens with one attached hydrogen (secondary N) is 1. The summed E-state index contributed by atoms with van der Waals surface area (Å²) < 4.78 is 12.7. The van der Waals surface area contributed by atoms with Gasteiger partial charge in [0.25, 0.3) is 0 Å². The predicted octanol–water partition coefficient (Wildman–Crippen LogP) is 2.93. The Morgan fingerprint density at radius 3 is 2.53 bits per heavy atom. The molecule has 0 spiro atoms. The highest BCUT2D eigenvalue weighted by Gasteiger charge is 2.04. The molecule has 0 radical (unpaired) electrons. The summed E-state index contributed by atoms with van der Waals surface area (Å²) in [5, 5.41) is 3.05. The van der Waals surface area contributed by atoms with Crippen LogP contribution in [-0.4, -0.2) is 12.0 Å². The van der Waals surface area contributed by atoms with Crippen molar-refractivity contribution in [2.45, 2.75) is 0 Å². The first-order valence-electron chi connectivity index (χ1n) is 4.70. The second-order valence-electron chi connectivity index (χ2n) is 3.16. The van der Waals surface area contributed by atoms with Gasteiger partial charge in [-0.1, -0.05) is 0 Å². The van der Waals surface area contributed by atoms with Crippen molar-refractivity contribution in [1.82, 2.24) is 4.98 Å². The standard InChI is InChI=1S/C12H11FN2/c1-14-11-3-2-8-15-12(11)9-4-6-10(13)7-5-9/h2-8,14H,1H3. The van der Waals surface area contributed by atoms with E-state index in [0.29, 0.717) is 0 Å². The summed E-state index contributed by atoms with van der Waals surface area (Å²) in [6, 6.07) is 10.1. The van der Waals surface area contributed by atoms with E-state index in [2.05, 4.69) is 10.3 Å². The molecule has 1 aromatic carbocycles. The molecule has 0 atom stereocenters. The molecule has 0 aliphatic carbocycles. The van der Waals surface area contributed by atoms with Gasteiger partial charge in [0.2, 0.25) is 0 Å². The van der Waals surface area contributed by atoms with Crippen molar-refractivity contribution in [3.05, 3.63) is 48.4 Å². The highest BCUT2D eigenvalue weighted by molar-refractivity contribution is 5.73. The second kappa shape index (κ2) is 4.09. The Morgan fingerprint density at radius 2 is 1.87 bits per heavy atom. The van der Waals surface area contributed by atoms with E-state index in [-0.39, 0.29) is 5.82 Å². The lowest BCUT2D eigenvalue weighted by Crippen LogP contribution is -1.93. The Kier molecular flexibility index (Phi) is 2.63. The van der Waals surface area contributed by atoms with Crippen LogP contribution in [0.1, 0.15) is 0 Å². The van der Waals surface area contributed by atoms with Crippen molar-refractivity contribution in [1.29, 1.82) is 0 Å². The summed E-state index contributed by atoms with van der Waals surface area (Å²) in [6.45, 7) is 0. The van der Waals surface area contributed by atoms with E-state index in [4.69, 9.17) is 0 Å². The number of benzene rings is 1. The van der Waals surface area contributed by atoms with Crippen LogP contribution in [0.4, 0.5) is 10.1 Å². The van der Waals surface area contributed by atoms with Crippen LogP contribution in [0.15, 0.2) is 42.6 Å². The van der Waals surface area contributed by atoms with Gasteiger partial charge >= 0.3 is 0 Å². The maximum absolute atomic E-state index is 12.7. The molecule has 0 saturated heterocycles. The molecule has 15 heavy (non-hydrogen) atoms. The van der Waals surface area contributed by atoms with Gasteiger partial charge in [-0.05, 0) is 36.4 Å². The van der Waals surface area contributed by atoms with Gasteiger partial charge in [-0.15, -0.1) is 0 Å². The van der Waals surface area contributed by atoms with Crippen LogP contribution in [0.2, 0.25) is 0 Å². The number of nitrogens with zero attached hydrogens (tertiary/aromatic N) is 1. The van der Waals surface area contributed by atoms with Crippen LogP contribution < -0.4 is 5.32 Å². The number of hydrogen-bond acceptors (Lipinski definition) is 2. The zero-order valence-electron chi connectivity index (χ0n) is 8.37. The SMILES string of the molecule is CNc1cccnc1-c1ccc(F)cc1. The molecule has 0 fully saturated rings. The van der Waals surface area contributed by atoms with Crippen molar-refractivity contribution < 1.29 is 4.39 Å². The maximum Gasteiger partial charge on any atom is 0.123 e. The van der Waals surface area contributed by atoms with Crippen LogP contribution in [-0.2, 0) is 0 Å². The highest BCUT2D eigenvalue weighted by Crippen LogP contribution is 2.24. The molecule has 2 rings (SSSR count). The quantitative estimate of drug-likeness (QED) is 0.809. The van der Waals surface area contributed by atoms with Crippen molar-refractivity contribution in [3.63, 3.8) is 0 Å². The summed E-state index contributed by atoms with van der Waals surface area (Å²) in [7, 11) is 1.84. The summed E-state index contributed by atoms with van der Waals surface area (Å²) >= 11 is 0. The Balaban J connectivity index is 2.49. The fraction of sp³-hybridized carbons (Fsp3) is 0.0833. The van der Waals surface area contributed by atoms with Gasteiger partial charge in [-0.3, -0.25) is 4.98 Å². The van der Waals surface area contributed by atoms with Crippen LogP contribution in [0.3, 0.4) is 0 Å². The molecule has 1 N–H and O–H groups in total. The Hall–Kier alpha value is -1.90. The third kappa shape index (κ3) is 1.96. The average Bonchev–Trinajstić information content (AvgIpc) is 2.30. The number of anilines is 1. The molecule has 0 aliphatic heterocycles. The van der Waals surface area contributed by atoms with Gasteiger partial charge in [0.05, 0.1) is 11.4 Å². The molecule has 0 amide bonds. The monoisotopic (exact) mass is 202 g/mol. The number of pyridine rings is 1. The molecule has 0 aliphatic rings. The number of aromatic nitrogens is 1. The third-order valence-electron chi connectivity index (χ3n) is 2.19. The van der Waals surface area contributed by atoms with Crippen LogP contribution in [0.5, 0.6) is 0 Å². The van der Waals surface area contributed by atoms with Gasteiger partial charge in [-0.25, -0.2) is 4.39 Å². The van der Waals surface area contributed by atoms with E-state index in [9.17, 15) is 4.39 Å². The lowest BCUT2D eigenvalue weighted by atomic mass is 10.1. The third-order valence-corrected chi connectivity index (χ3v) is 2.19. The molecule has 0 bridgehead atoms.